The van der Waals surface area contributed by atoms with Crippen LogP contribution in [0.4, 0.5) is 5.69 Å². The largest absolute Gasteiger partial charge is 0.496 e. The molecule has 0 saturated carbocycles. The summed E-state index contributed by atoms with van der Waals surface area (Å²) in [4.78, 5) is 34.6. The van der Waals surface area contributed by atoms with E-state index < -0.39 is 27.5 Å². The number of hydrogen-bond acceptors (Lipinski definition) is 9. The molecule has 3 aliphatic heterocycles. The zero-order chi connectivity index (χ0) is 31.2. The Kier molecular flexibility index (Phi) is 8.00. The molecule has 1 aromatic heterocycles. The van der Waals surface area contributed by atoms with Gasteiger partial charge in [-0.05, 0) is 80.0 Å². The minimum absolute atomic E-state index is 0.0206. The second kappa shape index (κ2) is 11.6. The number of sulfonamides is 1. The van der Waals surface area contributed by atoms with Gasteiger partial charge in [0.2, 0.25) is 5.91 Å². The van der Waals surface area contributed by atoms with Crippen LogP contribution >= 0.6 is 11.3 Å². The number of amides is 2. The fourth-order valence-corrected chi connectivity index (χ4v) is 9.45. The van der Waals surface area contributed by atoms with Gasteiger partial charge in [-0.1, -0.05) is 18.2 Å². The van der Waals surface area contributed by atoms with Crippen molar-refractivity contribution in [3.05, 3.63) is 76.2 Å². The van der Waals surface area contributed by atoms with Gasteiger partial charge in [-0.25, -0.2) is 0 Å². The van der Waals surface area contributed by atoms with Crippen molar-refractivity contribution in [2.24, 2.45) is 0 Å². The van der Waals surface area contributed by atoms with E-state index in [1.807, 2.05) is 23.1 Å². The molecular formula is C32H35N5O5S2. The van der Waals surface area contributed by atoms with Crippen molar-refractivity contribution in [2.45, 2.75) is 48.0 Å². The lowest BCUT2D eigenvalue weighted by Gasteiger charge is -2.42. The Morgan fingerprint density at radius 3 is 2.52 bits per heavy atom. The number of likely N-dealkylation sites (N-methyl/N-ethyl adjacent to an activating group) is 1. The first kappa shape index (κ1) is 30.3. The molecule has 2 amide bonds. The lowest BCUT2D eigenvalue weighted by molar-refractivity contribution is -0.138. The number of methoxy groups -OCH3 is 1. The molecule has 0 aliphatic carbocycles. The molecule has 3 aliphatic rings. The highest BCUT2D eigenvalue weighted by molar-refractivity contribution is 7.95. The lowest BCUT2D eigenvalue weighted by atomic mass is 9.80. The standard InChI is InChI=1S/C32H35N5O5S2/c1-34(2)30(38)27-8-6-16-36(27)32(24-12-10-23(19-28(24)42-3)21-35-14-4-5-15-35)25-18-22(20-33)11-13-26(25)37(31(32)39)44(40,41)29-9-7-17-43-29/h7,9-13,17-19,27H,4-6,8,14-16,21H2,1-3H3/t27-,32?/m0/s1. The van der Waals surface area contributed by atoms with E-state index in [1.165, 1.54) is 30.2 Å². The maximum atomic E-state index is 15.2. The first-order chi connectivity index (χ1) is 21.1. The molecule has 12 heteroatoms. The third kappa shape index (κ3) is 4.70. The van der Waals surface area contributed by atoms with Gasteiger partial charge in [0.05, 0.1) is 30.5 Å². The van der Waals surface area contributed by atoms with Gasteiger partial charge in [0.15, 0.2) is 5.54 Å². The number of ether oxygens (including phenoxy) is 1. The Labute approximate surface area is 262 Å². The maximum absolute atomic E-state index is 15.2. The topological polar surface area (TPSA) is 114 Å². The number of benzene rings is 2. The van der Waals surface area contributed by atoms with Crippen LogP contribution in [0.25, 0.3) is 0 Å². The molecule has 230 valence electrons. The summed E-state index contributed by atoms with van der Waals surface area (Å²) in [5.41, 5.74) is 0.463. The molecule has 2 aromatic carbocycles. The number of rotatable bonds is 8. The zero-order valence-corrected chi connectivity index (χ0v) is 26.7. The predicted octanol–water partition coefficient (Wildman–Crippen LogP) is 3.76. The molecule has 4 heterocycles. The molecule has 3 aromatic rings. The van der Waals surface area contributed by atoms with E-state index in [2.05, 4.69) is 11.0 Å². The van der Waals surface area contributed by atoms with E-state index >= 15 is 4.79 Å². The van der Waals surface area contributed by atoms with Gasteiger partial charge in [0.25, 0.3) is 15.9 Å². The highest BCUT2D eigenvalue weighted by atomic mass is 32.2. The zero-order valence-electron chi connectivity index (χ0n) is 25.0. The molecule has 0 N–H and O–H groups in total. The molecule has 2 fully saturated rings. The Hall–Kier alpha value is -3.76. The van der Waals surface area contributed by atoms with Crippen molar-refractivity contribution >= 4 is 38.9 Å². The Balaban J connectivity index is 1.63. The summed E-state index contributed by atoms with van der Waals surface area (Å²) < 4.78 is 35.3. The van der Waals surface area contributed by atoms with Crippen molar-refractivity contribution in [3.63, 3.8) is 0 Å². The average Bonchev–Trinajstić information content (AvgIpc) is 3.83. The van der Waals surface area contributed by atoms with Crippen LogP contribution in [-0.4, -0.2) is 81.8 Å². The van der Waals surface area contributed by atoms with E-state index in [9.17, 15) is 18.5 Å². The highest BCUT2D eigenvalue weighted by Gasteiger charge is 2.63. The minimum atomic E-state index is -4.33. The van der Waals surface area contributed by atoms with Crippen molar-refractivity contribution in [1.29, 1.82) is 5.26 Å². The van der Waals surface area contributed by atoms with Crippen molar-refractivity contribution in [3.8, 4) is 11.8 Å². The Morgan fingerprint density at radius 1 is 1.09 bits per heavy atom. The maximum Gasteiger partial charge on any atom is 0.280 e. The lowest BCUT2D eigenvalue weighted by Crippen LogP contribution is -2.59. The van der Waals surface area contributed by atoms with Gasteiger partial charge in [-0.3, -0.25) is 19.4 Å². The first-order valence-electron chi connectivity index (χ1n) is 14.7. The fourth-order valence-electron chi connectivity index (χ4n) is 6.93. The normalized spacial score (nSPS) is 22.3. The number of likely N-dealkylation sites (tertiary alicyclic amines) is 2. The summed E-state index contributed by atoms with van der Waals surface area (Å²) in [5, 5.41) is 11.6. The van der Waals surface area contributed by atoms with Gasteiger partial charge >= 0.3 is 0 Å². The molecule has 0 spiro atoms. The molecule has 0 bridgehead atoms. The monoisotopic (exact) mass is 633 g/mol. The molecule has 1 unspecified atom stereocenters. The van der Waals surface area contributed by atoms with Gasteiger partial charge in [0, 0.05) is 38.3 Å². The van der Waals surface area contributed by atoms with Crippen LogP contribution in [0.1, 0.15) is 47.9 Å². The van der Waals surface area contributed by atoms with Crippen LogP contribution in [0, 0.1) is 11.3 Å². The number of hydrogen-bond donors (Lipinski definition) is 0. The number of anilines is 1. The third-order valence-electron chi connectivity index (χ3n) is 8.89. The highest BCUT2D eigenvalue weighted by Crippen LogP contribution is 2.55. The molecule has 10 nitrogen and oxygen atoms in total. The number of carbonyl (C=O) groups excluding carboxylic acids is 2. The molecule has 2 saturated heterocycles. The second-order valence-electron chi connectivity index (χ2n) is 11.7. The van der Waals surface area contributed by atoms with Crippen LogP contribution in [0.2, 0.25) is 0 Å². The Bertz CT molecular complexity index is 1740. The van der Waals surface area contributed by atoms with Crippen molar-refractivity contribution in [2.75, 3.05) is 45.1 Å². The van der Waals surface area contributed by atoms with E-state index in [-0.39, 0.29) is 21.4 Å². The summed E-state index contributed by atoms with van der Waals surface area (Å²) >= 11 is 1.03. The minimum Gasteiger partial charge on any atom is -0.496 e. The van der Waals surface area contributed by atoms with Crippen molar-refractivity contribution < 1.29 is 22.7 Å². The van der Waals surface area contributed by atoms with Crippen LogP contribution in [0.5, 0.6) is 5.75 Å². The van der Waals surface area contributed by atoms with Gasteiger partial charge < -0.3 is 9.64 Å². The number of nitriles is 1. The Morgan fingerprint density at radius 2 is 1.86 bits per heavy atom. The molecule has 44 heavy (non-hydrogen) atoms. The van der Waals surface area contributed by atoms with Crippen LogP contribution in [0.15, 0.2) is 58.1 Å². The number of nitrogens with zero attached hydrogens (tertiary/aromatic N) is 5. The molecule has 0 radical (unpaired) electrons. The van der Waals surface area contributed by atoms with Gasteiger partial charge in [-0.15, -0.1) is 11.3 Å². The summed E-state index contributed by atoms with van der Waals surface area (Å²) in [6, 6.07) is 14.9. The SMILES string of the molecule is COc1cc(CN2CCCC2)ccc1C1(N2CCC[C@H]2C(=O)N(C)C)C(=O)N(S(=O)(=O)c2cccs2)c2ccc(C#N)cc21. The van der Waals surface area contributed by atoms with E-state index in [0.717, 1.165) is 53.7 Å². The molecule has 2 atom stereocenters. The first-order valence-corrected chi connectivity index (χ1v) is 17.0. The summed E-state index contributed by atoms with van der Waals surface area (Å²) in [6.07, 6.45) is 3.41. The van der Waals surface area contributed by atoms with E-state index in [4.69, 9.17) is 4.74 Å². The number of carbonyl (C=O) groups is 2. The summed E-state index contributed by atoms with van der Waals surface area (Å²) in [6.45, 7) is 3.10. The number of fused-ring (bicyclic) bond motifs is 1. The third-order valence-corrected chi connectivity index (χ3v) is 12.0. The summed E-state index contributed by atoms with van der Waals surface area (Å²) in [7, 11) is 0.542. The molecule has 6 rings (SSSR count). The second-order valence-corrected chi connectivity index (χ2v) is 14.6. The fraction of sp³-hybridized carbons (Fsp3) is 0.406. The molecular weight excluding hydrogens is 599 g/mol. The number of thiophene rings is 1. The van der Waals surface area contributed by atoms with Crippen LogP contribution in [-0.2, 0) is 31.7 Å². The van der Waals surface area contributed by atoms with Crippen LogP contribution < -0.4 is 9.04 Å². The van der Waals surface area contributed by atoms with E-state index in [1.54, 1.807) is 31.6 Å². The smallest absolute Gasteiger partial charge is 0.280 e. The van der Waals surface area contributed by atoms with Crippen molar-refractivity contribution in [1.82, 2.24) is 14.7 Å². The predicted molar refractivity (Wildman–Crippen MR) is 167 cm³/mol. The van der Waals surface area contributed by atoms with E-state index in [0.29, 0.717) is 36.3 Å². The summed E-state index contributed by atoms with van der Waals surface area (Å²) in [5.74, 6) is -0.487. The van der Waals surface area contributed by atoms with Gasteiger partial charge in [-0.2, -0.15) is 18.0 Å². The quantitative estimate of drug-likeness (QED) is 0.369. The van der Waals surface area contributed by atoms with Gasteiger partial charge in [0.1, 0.15) is 9.96 Å². The average molecular weight is 634 g/mol. The van der Waals surface area contributed by atoms with Crippen LogP contribution in [0.3, 0.4) is 0 Å².